The second-order valence-electron chi connectivity index (χ2n) is 6.23. The molecule has 1 aliphatic rings. The van der Waals surface area contributed by atoms with Gasteiger partial charge >= 0.3 is 6.09 Å². The van der Waals surface area contributed by atoms with E-state index in [1.807, 2.05) is 19.1 Å². The lowest BCUT2D eigenvalue weighted by atomic mass is 10.1. The monoisotopic (exact) mass is 345 g/mol. The molecule has 6 heteroatoms. The number of hydrogen-bond donors (Lipinski definition) is 2. The molecule has 1 saturated heterocycles. The molecule has 1 aromatic carbocycles. The molecule has 2 aromatic rings. The van der Waals surface area contributed by atoms with Crippen LogP contribution in [0.15, 0.2) is 36.4 Å². The molecule has 0 radical (unpaired) electrons. The van der Waals surface area contributed by atoms with Crippen molar-refractivity contribution in [2.24, 2.45) is 5.73 Å². The number of nitrogens with two attached hydrogens (primary N) is 1. The minimum Gasteiger partial charge on any atom is -0.465 e. The summed E-state index contributed by atoms with van der Waals surface area (Å²) in [5.74, 6) is 0. The number of nitrogens with zero attached hydrogens (tertiary/aromatic N) is 2. The molecule has 1 aliphatic heterocycles. The van der Waals surface area contributed by atoms with Crippen LogP contribution in [0.2, 0.25) is 0 Å². The van der Waals surface area contributed by atoms with Crippen LogP contribution >= 0.6 is 11.3 Å². The molecular weight excluding hydrogens is 322 g/mol. The van der Waals surface area contributed by atoms with Gasteiger partial charge in [-0.1, -0.05) is 18.2 Å². The van der Waals surface area contributed by atoms with E-state index in [9.17, 15) is 4.79 Å². The van der Waals surface area contributed by atoms with Crippen molar-refractivity contribution in [3.05, 3.63) is 46.8 Å². The van der Waals surface area contributed by atoms with Gasteiger partial charge in [-0.15, -0.1) is 11.3 Å². The third kappa shape index (κ3) is 3.77. The first-order chi connectivity index (χ1) is 11.6. The van der Waals surface area contributed by atoms with Crippen LogP contribution < -0.4 is 5.73 Å². The zero-order chi connectivity index (χ0) is 17.1. The van der Waals surface area contributed by atoms with E-state index in [4.69, 9.17) is 10.8 Å². The average molecular weight is 345 g/mol. The Morgan fingerprint density at radius 3 is 2.88 bits per heavy atom. The minimum atomic E-state index is -0.819. The highest BCUT2D eigenvalue weighted by Crippen LogP contribution is 2.29. The number of hydrogen-bond acceptors (Lipinski definition) is 4. The van der Waals surface area contributed by atoms with E-state index in [1.165, 1.54) is 20.2 Å². The highest BCUT2D eigenvalue weighted by molar-refractivity contribution is 7.15. The number of piperazine rings is 1. The number of rotatable bonds is 4. The number of benzene rings is 1. The molecule has 0 aliphatic carbocycles. The van der Waals surface area contributed by atoms with Gasteiger partial charge in [-0.25, -0.2) is 4.79 Å². The fraction of sp³-hybridized carbons (Fsp3) is 0.389. The van der Waals surface area contributed by atoms with E-state index >= 15 is 0 Å². The van der Waals surface area contributed by atoms with Crippen molar-refractivity contribution in [2.75, 3.05) is 19.6 Å². The van der Waals surface area contributed by atoms with E-state index in [1.54, 1.807) is 11.3 Å². The zero-order valence-corrected chi connectivity index (χ0v) is 14.6. The first-order valence-corrected chi connectivity index (χ1v) is 8.98. The Morgan fingerprint density at radius 1 is 1.33 bits per heavy atom. The van der Waals surface area contributed by atoms with Crippen LogP contribution in [0.25, 0.3) is 10.4 Å². The lowest BCUT2D eigenvalue weighted by Crippen LogP contribution is -2.53. The number of amides is 1. The quantitative estimate of drug-likeness (QED) is 0.893. The number of carbonyl (C=O) groups is 1. The molecule has 0 spiro atoms. The summed E-state index contributed by atoms with van der Waals surface area (Å²) < 4.78 is 0. The second kappa shape index (κ2) is 7.34. The van der Waals surface area contributed by atoms with Crippen LogP contribution in [0.5, 0.6) is 0 Å². The normalized spacial score (nSPS) is 18.8. The van der Waals surface area contributed by atoms with Gasteiger partial charge in [0.2, 0.25) is 0 Å². The topological polar surface area (TPSA) is 69.8 Å². The maximum atomic E-state index is 11.1. The Morgan fingerprint density at radius 2 is 2.17 bits per heavy atom. The van der Waals surface area contributed by atoms with Crippen molar-refractivity contribution in [3.8, 4) is 10.4 Å². The maximum Gasteiger partial charge on any atom is 0.407 e. The molecule has 1 fully saturated rings. The number of thiophene rings is 1. The van der Waals surface area contributed by atoms with Crippen LogP contribution in [0.4, 0.5) is 4.79 Å². The summed E-state index contributed by atoms with van der Waals surface area (Å²) in [5, 5.41) is 9.16. The predicted octanol–water partition coefficient (Wildman–Crippen LogP) is 3.06. The molecule has 1 aromatic heterocycles. The molecule has 0 saturated carbocycles. The molecule has 1 amide bonds. The van der Waals surface area contributed by atoms with Gasteiger partial charge in [-0.3, -0.25) is 4.90 Å². The first kappa shape index (κ1) is 17.0. The van der Waals surface area contributed by atoms with Gasteiger partial charge in [0.1, 0.15) is 0 Å². The van der Waals surface area contributed by atoms with Crippen molar-refractivity contribution < 1.29 is 9.90 Å². The second-order valence-corrected chi connectivity index (χ2v) is 7.40. The molecule has 2 heterocycles. The minimum absolute atomic E-state index is 0.0388. The Bertz CT molecular complexity index is 716. The Hall–Kier alpha value is -1.89. The summed E-state index contributed by atoms with van der Waals surface area (Å²) in [6, 6.07) is 12.7. The summed E-state index contributed by atoms with van der Waals surface area (Å²) in [7, 11) is 0. The lowest BCUT2D eigenvalue weighted by Gasteiger charge is -2.38. The fourth-order valence-corrected chi connectivity index (χ4v) is 4.20. The molecule has 128 valence electrons. The van der Waals surface area contributed by atoms with Gasteiger partial charge < -0.3 is 15.7 Å². The van der Waals surface area contributed by atoms with Gasteiger partial charge in [0, 0.05) is 48.5 Å². The summed E-state index contributed by atoms with van der Waals surface area (Å²) >= 11 is 1.79. The van der Waals surface area contributed by atoms with Crippen LogP contribution in [-0.2, 0) is 13.1 Å². The maximum absolute atomic E-state index is 11.1. The molecule has 3 N–H and O–H groups in total. The molecule has 0 bridgehead atoms. The Labute approximate surface area is 146 Å². The number of carboxylic acid groups (broad SMARTS) is 1. The molecular formula is C18H23N3O2S. The van der Waals surface area contributed by atoms with Gasteiger partial charge in [0.15, 0.2) is 0 Å². The Balaban J connectivity index is 1.65. The van der Waals surface area contributed by atoms with Crippen molar-refractivity contribution >= 4 is 17.4 Å². The van der Waals surface area contributed by atoms with Crippen LogP contribution in [0.3, 0.4) is 0 Å². The smallest absolute Gasteiger partial charge is 0.407 e. The SMILES string of the molecule is C[C@H]1CN(Cc2ccc(-c3cccc(CN)c3)s2)CCN1C(=O)O. The van der Waals surface area contributed by atoms with E-state index in [2.05, 4.69) is 29.2 Å². The fourth-order valence-electron chi connectivity index (χ4n) is 3.15. The third-order valence-electron chi connectivity index (χ3n) is 4.45. The molecule has 24 heavy (non-hydrogen) atoms. The van der Waals surface area contributed by atoms with Crippen molar-refractivity contribution in [1.29, 1.82) is 0 Å². The van der Waals surface area contributed by atoms with Crippen LogP contribution in [-0.4, -0.2) is 46.7 Å². The molecule has 1 atom stereocenters. The molecule has 0 unspecified atom stereocenters. The predicted molar refractivity (Wildman–Crippen MR) is 97.1 cm³/mol. The van der Waals surface area contributed by atoms with Gasteiger partial charge in [-0.2, -0.15) is 0 Å². The summed E-state index contributed by atoms with van der Waals surface area (Å²) in [5.41, 5.74) is 8.07. The summed E-state index contributed by atoms with van der Waals surface area (Å²) in [6.07, 6.45) is -0.819. The van der Waals surface area contributed by atoms with E-state index in [-0.39, 0.29) is 6.04 Å². The van der Waals surface area contributed by atoms with Crippen molar-refractivity contribution in [2.45, 2.75) is 26.1 Å². The van der Waals surface area contributed by atoms with E-state index in [0.717, 1.165) is 25.2 Å². The van der Waals surface area contributed by atoms with E-state index in [0.29, 0.717) is 13.1 Å². The van der Waals surface area contributed by atoms with Gasteiger partial charge in [-0.05, 0) is 36.2 Å². The lowest BCUT2D eigenvalue weighted by molar-refractivity contribution is 0.0715. The summed E-state index contributed by atoms with van der Waals surface area (Å²) in [4.78, 5) is 17.5. The van der Waals surface area contributed by atoms with Crippen molar-refractivity contribution in [1.82, 2.24) is 9.80 Å². The van der Waals surface area contributed by atoms with Gasteiger partial charge in [0.25, 0.3) is 0 Å². The zero-order valence-electron chi connectivity index (χ0n) is 13.8. The van der Waals surface area contributed by atoms with Crippen molar-refractivity contribution in [3.63, 3.8) is 0 Å². The first-order valence-electron chi connectivity index (χ1n) is 8.17. The largest absolute Gasteiger partial charge is 0.465 e. The Kier molecular flexibility index (Phi) is 5.18. The van der Waals surface area contributed by atoms with Gasteiger partial charge in [0.05, 0.1) is 0 Å². The highest BCUT2D eigenvalue weighted by atomic mass is 32.1. The summed E-state index contributed by atoms with van der Waals surface area (Å²) in [6.45, 7) is 5.54. The van der Waals surface area contributed by atoms with Crippen LogP contribution in [0, 0.1) is 0 Å². The average Bonchev–Trinajstić information content (AvgIpc) is 3.03. The molecule has 3 rings (SSSR count). The molecule has 5 nitrogen and oxygen atoms in total. The van der Waals surface area contributed by atoms with E-state index < -0.39 is 6.09 Å². The standard InChI is InChI=1S/C18H23N3O2S/c1-13-11-20(7-8-21(13)18(22)23)12-16-5-6-17(24-16)15-4-2-3-14(9-15)10-19/h2-6,9,13H,7-8,10-12,19H2,1H3,(H,22,23)/t13-/m0/s1. The highest BCUT2D eigenvalue weighted by Gasteiger charge is 2.27. The van der Waals surface area contributed by atoms with Crippen LogP contribution in [0.1, 0.15) is 17.4 Å². The third-order valence-corrected chi connectivity index (χ3v) is 5.56.